The number of amides is 1. The normalized spacial score (nSPS) is 14.7. The van der Waals surface area contributed by atoms with E-state index in [-0.39, 0.29) is 29.4 Å². The Morgan fingerprint density at radius 2 is 1.75 bits per heavy atom. The van der Waals surface area contributed by atoms with E-state index in [0.29, 0.717) is 0 Å². The third-order valence-corrected chi connectivity index (χ3v) is 3.35. The van der Waals surface area contributed by atoms with Gasteiger partial charge in [0.1, 0.15) is 11.6 Å². The van der Waals surface area contributed by atoms with Crippen LogP contribution >= 0.6 is 0 Å². The Labute approximate surface area is 116 Å². The van der Waals surface area contributed by atoms with Gasteiger partial charge in [0.15, 0.2) is 6.61 Å². The fourth-order valence-electron chi connectivity index (χ4n) is 2.32. The van der Waals surface area contributed by atoms with Crippen molar-refractivity contribution in [1.29, 1.82) is 0 Å². The fourth-order valence-corrected chi connectivity index (χ4v) is 2.32. The maximum absolute atomic E-state index is 13.3. The molecule has 1 saturated heterocycles. The molecule has 1 aromatic rings. The highest BCUT2D eigenvalue weighted by atomic mass is 19.1. The summed E-state index contributed by atoms with van der Waals surface area (Å²) in [6.07, 6.45) is 1.98. The molecule has 1 aliphatic heterocycles. The summed E-state index contributed by atoms with van der Waals surface area (Å²) in [5, 5.41) is 18.4. The van der Waals surface area contributed by atoms with Crippen LogP contribution < -0.4 is 4.74 Å². The zero-order chi connectivity index (χ0) is 14.5. The summed E-state index contributed by atoms with van der Waals surface area (Å²) in [5.41, 5.74) is 0.451. The summed E-state index contributed by atoms with van der Waals surface area (Å²) in [7, 11) is 0. The van der Waals surface area contributed by atoms with Crippen LogP contribution in [0.15, 0.2) is 12.1 Å². The summed E-state index contributed by atoms with van der Waals surface area (Å²) in [4.78, 5) is 13.6. The topological polar surface area (TPSA) is 70.0 Å². The molecule has 0 aliphatic carbocycles. The summed E-state index contributed by atoms with van der Waals surface area (Å²) in [6.45, 7) is 0.443. The molecule has 2 N–H and O–H groups in total. The largest absolute Gasteiger partial charge is 0.483 e. The SMILES string of the molecule is O=C(COc1c(CO)cc(F)cc1CO)N1CCCC1. The minimum atomic E-state index is -0.559. The van der Waals surface area contributed by atoms with Gasteiger partial charge in [-0.3, -0.25) is 4.79 Å². The Balaban J connectivity index is 2.09. The standard InChI is InChI=1S/C14H18FNO4/c15-12-5-10(7-17)14(11(6-12)8-18)20-9-13(19)16-3-1-2-4-16/h5-6,17-18H,1-4,7-9H2. The average molecular weight is 283 g/mol. The van der Waals surface area contributed by atoms with Crippen LogP contribution in [0.4, 0.5) is 4.39 Å². The molecule has 1 aliphatic rings. The predicted molar refractivity (Wildman–Crippen MR) is 69.6 cm³/mol. The monoisotopic (exact) mass is 283 g/mol. The van der Waals surface area contributed by atoms with E-state index < -0.39 is 19.0 Å². The molecule has 20 heavy (non-hydrogen) atoms. The van der Waals surface area contributed by atoms with Gasteiger partial charge in [-0.2, -0.15) is 0 Å². The number of halogens is 1. The summed E-state index contributed by atoms with van der Waals surface area (Å²) >= 11 is 0. The first-order valence-electron chi connectivity index (χ1n) is 6.59. The summed E-state index contributed by atoms with van der Waals surface area (Å²) in [6, 6.07) is 2.27. The molecule has 0 saturated carbocycles. The first-order chi connectivity index (χ1) is 9.65. The van der Waals surface area contributed by atoms with Crippen molar-refractivity contribution in [1.82, 2.24) is 4.90 Å². The Morgan fingerprint density at radius 3 is 2.25 bits per heavy atom. The van der Waals surface area contributed by atoms with Crippen molar-refractivity contribution in [3.8, 4) is 5.75 Å². The van der Waals surface area contributed by atoms with E-state index in [9.17, 15) is 19.4 Å². The van der Waals surface area contributed by atoms with Crippen LogP contribution in [0, 0.1) is 5.82 Å². The van der Waals surface area contributed by atoms with E-state index in [4.69, 9.17) is 4.74 Å². The smallest absolute Gasteiger partial charge is 0.260 e. The number of hydrogen-bond donors (Lipinski definition) is 2. The van der Waals surface area contributed by atoms with Crippen LogP contribution in [0.25, 0.3) is 0 Å². The molecule has 1 heterocycles. The lowest BCUT2D eigenvalue weighted by Crippen LogP contribution is -2.32. The fraction of sp³-hybridized carbons (Fsp3) is 0.500. The predicted octanol–water partition coefficient (Wildman–Crippen LogP) is 0.811. The molecule has 0 atom stereocenters. The van der Waals surface area contributed by atoms with Gasteiger partial charge in [0, 0.05) is 24.2 Å². The van der Waals surface area contributed by atoms with Gasteiger partial charge < -0.3 is 19.8 Å². The van der Waals surface area contributed by atoms with E-state index in [1.54, 1.807) is 4.90 Å². The van der Waals surface area contributed by atoms with Crippen LogP contribution in [-0.2, 0) is 18.0 Å². The van der Waals surface area contributed by atoms with Crippen molar-refractivity contribution < 1.29 is 24.1 Å². The number of carbonyl (C=O) groups excluding carboxylic acids is 1. The van der Waals surface area contributed by atoms with Crippen molar-refractivity contribution in [3.63, 3.8) is 0 Å². The molecule has 1 aromatic carbocycles. The first-order valence-corrected chi connectivity index (χ1v) is 6.59. The van der Waals surface area contributed by atoms with Gasteiger partial charge >= 0.3 is 0 Å². The third kappa shape index (κ3) is 3.26. The molecule has 0 radical (unpaired) electrons. The van der Waals surface area contributed by atoms with Crippen molar-refractivity contribution in [2.75, 3.05) is 19.7 Å². The van der Waals surface area contributed by atoms with Crippen LogP contribution in [-0.4, -0.2) is 40.7 Å². The van der Waals surface area contributed by atoms with Gasteiger partial charge in [-0.1, -0.05) is 0 Å². The molecular formula is C14H18FNO4. The van der Waals surface area contributed by atoms with Gasteiger partial charge in [0.25, 0.3) is 5.91 Å². The zero-order valence-electron chi connectivity index (χ0n) is 11.1. The molecule has 1 fully saturated rings. The van der Waals surface area contributed by atoms with Crippen LogP contribution in [0.1, 0.15) is 24.0 Å². The summed E-state index contributed by atoms with van der Waals surface area (Å²) in [5.74, 6) is -0.514. The maximum Gasteiger partial charge on any atom is 0.260 e. The highest BCUT2D eigenvalue weighted by Crippen LogP contribution is 2.26. The van der Waals surface area contributed by atoms with E-state index in [2.05, 4.69) is 0 Å². The van der Waals surface area contributed by atoms with Gasteiger partial charge in [0.05, 0.1) is 13.2 Å². The number of rotatable bonds is 5. The Kier molecular flexibility index (Phi) is 4.92. The van der Waals surface area contributed by atoms with Gasteiger partial charge in [-0.15, -0.1) is 0 Å². The lowest BCUT2D eigenvalue weighted by atomic mass is 10.1. The second-order valence-corrected chi connectivity index (χ2v) is 4.75. The van der Waals surface area contributed by atoms with Gasteiger partial charge in [-0.25, -0.2) is 4.39 Å². The van der Waals surface area contributed by atoms with Gasteiger partial charge in [-0.05, 0) is 25.0 Å². The second-order valence-electron chi connectivity index (χ2n) is 4.75. The van der Waals surface area contributed by atoms with Crippen molar-refractivity contribution >= 4 is 5.91 Å². The molecule has 2 rings (SSSR count). The lowest BCUT2D eigenvalue weighted by molar-refractivity contribution is -0.132. The van der Waals surface area contributed by atoms with Crippen molar-refractivity contribution in [2.45, 2.75) is 26.1 Å². The van der Waals surface area contributed by atoms with Crippen LogP contribution in [0.5, 0.6) is 5.75 Å². The van der Waals surface area contributed by atoms with Crippen molar-refractivity contribution in [2.24, 2.45) is 0 Å². The van der Waals surface area contributed by atoms with Gasteiger partial charge in [0.2, 0.25) is 0 Å². The average Bonchev–Trinajstić information content (AvgIpc) is 2.98. The number of nitrogens with zero attached hydrogens (tertiary/aromatic N) is 1. The molecule has 0 bridgehead atoms. The molecule has 0 aromatic heterocycles. The minimum absolute atomic E-state index is 0.139. The highest BCUT2D eigenvalue weighted by Gasteiger charge is 2.19. The van der Waals surface area contributed by atoms with Crippen molar-refractivity contribution in [3.05, 3.63) is 29.1 Å². The zero-order valence-corrected chi connectivity index (χ0v) is 11.1. The number of ether oxygens (including phenoxy) is 1. The molecule has 0 spiro atoms. The van der Waals surface area contributed by atoms with E-state index in [1.807, 2.05) is 0 Å². The number of aliphatic hydroxyl groups excluding tert-OH is 2. The number of benzene rings is 1. The Bertz CT molecular complexity index is 461. The number of likely N-dealkylation sites (tertiary alicyclic amines) is 1. The molecular weight excluding hydrogens is 265 g/mol. The molecule has 110 valence electrons. The first kappa shape index (κ1) is 14.7. The Morgan fingerprint density at radius 1 is 1.20 bits per heavy atom. The molecule has 1 amide bonds. The lowest BCUT2D eigenvalue weighted by Gasteiger charge is -2.18. The number of aliphatic hydroxyl groups is 2. The third-order valence-electron chi connectivity index (χ3n) is 3.35. The molecule has 5 nitrogen and oxygen atoms in total. The Hall–Kier alpha value is -1.66. The van der Waals surface area contributed by atoms with E-state index >= 15 is 0 Å². The number of carbonyl (C=O) groups is 1. The second kappa shape index (κ2) is 6.67. The summed E-state index contributed by atoms with van der Waals surface area (Å²) < 4.78 is 18.7. The molecule has 0 unspecified atom stereocenters. The van der Waals surface area contributed by atoms with E-state index in [1.165, 1.54) is 0 Å². The van der Waals surface area contributed by atoms with Crippen LogP contribution in [0.3, 0.4) is 0 Å². The quantitative estimate of drug-likeness (QED) is 0.839. The van der Waals surface area contributed by atoms with Crippen LogP contribution in [0.2, 0.25) is 0 Å². The highest BCUT2D eigenvalue weighted by molar-refractivity contribution is 5.78. The molecule has 6 heteroatoms. The number of hydrogen-bond acceptors (Lipinski definition) is 4. The maximum atomic E-state index is 13.3. The minimum Gasteiger partial charge on any atom is -0.483 e. The van der Waals surface area contributed by atoms with E-state index in [0.717, 1.165) is 38.1 Å².